The van der Waals surface area contributed by atoms with E-state index in [1.165, 1.54) is 0 Å². The van der Waals surface area contributed by atoms with Crippen LogP contribution in [0.5, 0.6) is 11.5 Å². The number of hydrogen-bond donors (Lipinski definition) is 3. The van der Waals surface area contributed by atoms with Gasteiger partial charge in [0, 0.05) is 46.3 Å². The van der Waals surface area contributed by atoms with Crippen LogP contribution >= 0.6 is 0 Å². The van der Waals surface area contributed by atoms with Crippen LogP contribution in [0.2, 0.25) is 0 Å². The lowest BCUT2D eigenvalue weighted by Crippen LogP contribution is -2.48. The van der Waals surface area contributed by atoms with Crippen molar-refractivity contribution in [1.82, 2.24) is 0 Å². The van der Waals surface area contributed by atoms with Gasteiger partial charge >= 0.3 is 0 Å². The quantitative estimate of drug-likeness (QED) is 0.185. The number of nitrogens with one attached hydrogen (secondary N) is 1. The fraction of sp³-hybridized carbons (Fsp3) is 0.655. The molecule has 2 rings (SSSR count). The first kappa shape index (κ1) is 31.6. The molecule has 0 fully saturated rings. The molecule has 9 nitrogen and oxygen atoms in total. The molecular weight excluding hydrogens is 486 g/mol. The Labute approximate surface area is 227 Å². The minimum atomic E-state index is -0.857. The number of benzene rings is 1. The summed E-state index contributed by atoms with van der Waals surface area (Å²) in [6.07, 6.45) is 3.20. The molecule has 9 heteroatoms. The molecule has 4 N–H and O–H groups in total. The number of unbranched alkanes of at least 4 members (excludes halogenated alkanes) is 1. The molecule has 0 saturated carbocycles. The highest BCUT2D eigenvalue weighted by molar-refractivity contribution is 5.75. The van der Waals surface area contributed by atoms with Crippen molar-refractivity contribution >= 4 is 11.4 Å². The molecule has 0 aromatic heterocycles. The van der Waals surface area contributed by atoms with E-state index in [0.717, 1.165) is 31.2 Å². The maximum absolute atomic E-state index is 12.2. The van der Waals surface area contributed by atoms with Gasteiger partial charge < -0.3 is 35.3 Å². The minimum absolute atomic E-state index is 0.168. The number of ether oxygens (including phenoxy) is 3. The SMILES string of the molecule is CCCCNc1c(N(C)C[C@H](O)C(N)CC(Cc2ccc(OC)c(OCCCOC)c2)C(C)C)c(=O)c1=O. The van der Waals surface area contributed by atoms with Gasteiger partial charge in [0.05, 0.1) is 19.8 Å². The largest absolute Gasteiger partial charge is 0.493 e. The predicted molar refractivity (Wildman–Crippen MR) is 154 cm³/mol. The zero-order valence-electron chi connectivity index (χ0n) is 23.9. The summed E-state index contributed by atoms with van der Waals surface area (Å²) in [5.74, 6) is 1.94. The fourth-order valence-corrected chi connectivity index (χ4v) is 4.55. The number of anilines is 2. The number of rotatable bonds is 19. The Morgan fingerprint density at radius 3 is 2.45 bits per heavy atom. The molecule has 3 atom stereocenters. The summed E-state index contributed by atoms with van der Waals surface area (Å²) in [5.41, 5.74) is 7.22. The Morgan fingerprint density at radius 2 is 1.82 bits per heavy atom. The zero-order chi connectivity index (χ0) is 28.2. The summed E-state index contributed by atoms with van der Waals surface area (Å²) < 4.78 is 16.5. The highest BCUT2D eigenvalue weighted by Crippen LogP contribution is 2.31. The summed E-state index contributed by atoms with van der Waals surface area (Å²) in [6.45, 7) is 8.33. The van der Waals surface area contributed by atoms with Gasteiger partial charge in [-0.2, -0.15) is 0 Å². The Hall–Kier alpha value is -2.62. The van der Waals surface area contributed by atoms with Crippen LogP contribution in [-0.4, -0.2) is 64.8 Å². The van der Waals surface area contributed by atoms with Gasteiger partial charge in [-0.25, -0.2) is 0 Å². The molecule has 2 aromatic rings. The number of hydrogen-bond acceptors (Lipinski definition) is 9. The Balaban J connectivity index is 2.03. The molecule has 214 valence electrons. The van der Waals surface area contributed by atoms with E-state index in [9.17, 15) is 14.7 Å². The number of nitrogens with two attached hydrogens (primary N) is 1. The van der Waals surface area contributed by atoms with Crippen molar-refractivity contribution in [3.63, 3.8) is 0 Å². The van der Waals surface area contributed by atoms with Crippen molar-refractivity contribution in [1.29, 1.82) is 0 Å². The topological polar surface area (TPSA) is 123 Å². The summed E-state index contributed by atoms with van der Waals surface area (Å²) in [5, 5.41) is 14.0. The number of aliphatic hydroxyl groups excluding tert-OH is 1. The molecule has 0 aliphatic rings. The van der Waals surface area contributed by atoms with Crippen LogP contribution in [-0.2, 0) is 11.2 Å². The van der Waals surface area contributed by atoms with Gasteiger partial charge in [0.2, 0.25) is 0 Å². The first-order valence-electron chi connectivity index (χ1n) is 13.6. The lowest BCUT2D eigenvalue weighted by molar-refractivity contribution is 0.132. The predicted octanol–water partition coefficient (Wildman–Crippen LogP) is 2.95. The standard InChI is InChI=1S/C29H47N3O6/c1-7-8-12-31-26-27(29(35)28(26)34)32(4)18-23(33)22(30)17-21(19(2)3)15-20-10-11-24(37-6)25(16-20)38-14-9-13-36-5/h10-11,16,19,21-23,31,33H,7-9,12-15,17-18,30H2,1-6H3/t21?,22?,23-/m0/s1. The van der Waals surface area contributed by atoms with Crippen molar-refractivity contribution in [3.8, 4) is 11.5 Å². The van der Waals surface area contributed by atoms with Crippen molar-refractivity contribution in [2.24, 2.45) is 17.6 Å². The van der Waals surface area contributed by atoms with Gasteiger partial charge in [0.15, 0.2) is 11.5 Å². The first-order chi connectivity index (χ1) is 18.1. The van der Waals surface area contributed by atoms with E-state index >= 15 is 0 Å². The summed E-state index contributed by atoms with van der Waals surface area (Å²) in [6, 6.07) is 5.47. The average molecular weight is 534 g/mol. The molecule has 0 saturated heterocycles. The third kappa shape index (κ3) is 8.71. The second kappa shape index (κ2) is 15.7. The van der Waals surface area contributed by atoms with Crippen molar-refractivity contribution < 1.29 is 19.3 Å². The maximum atomic E-state index is 12.2. The van der Waals surface area contributed by atoms with E-state index in [0.29, 0.717) is 55.0 Å². The van der Waals surface area contributed by atoms with Gasteiger partial charge in [-0.15, -0.1) is 0 Å². The van der Waals surface area contributed by atoms with Crippen molar-refractivity contribution in [2.75, 3.05) is 57.8 Å². The van der Waals surface area contributed by atoms with Crippen LogP contribution in [0.15, 0.2) is 27.8 Å². The highest BCUT2D eigenvalue weighted by atomic mass is 16.5. The van der Waals surface area contributed by atoms with E-state index in [1.54, 1.807) is 26.2 Å². The lowest BCUT2D eigenvalue weighted by Gasteiger charge is -2.31. The summed E-state index contributed by atoms with van der Waals surface area (Å²) in [4.78, 5) is 25.9. The highest BCUT2D eigenvalue weighted by Gasteiger charge is 2.28. The molecule has 0 radical (unpaired) electrons. The van der Waals surface area contributed by atoms with Crippen molar-refractivity contribution in [3.05, 3.63) is 44.2 Å². The van der Waals surface area contributed by atoms with Crippen LogP contribution < -0.4 is 36.3 Å². The van der Waals surface area contributed by atoms with Gasteiger partial charge in [-0.3, -0.25) is 9.59 Å². The second-order valence-electron chi connectivity index (χ2n) is 10.4. The van der Waals surface area contributed by atoms with Crippen LogP contribution in [0.4, 0.5) is 11.4 Å². The molecular formula is C29H47N3O6. The molecule has 2 aromatic carbocycles. The average Bonchev–Trinajstić information content (AvgIpc) is 2.89. The van der Waals surface area contributed by atoms with Gasteiger partial charge in [-0.1, -0.05) is 33.3 Å². The van der Waals surface area contributed by atoms with E-state index in [4.69, 9.17) is 19.9 Å². The maximum Gasteiger partial charge on any atom is 0.253 e. The Bertz CT molecular complexity index is 1050. The minimum Gasteiger partial charge on any atom is -0.493 e. The monoisotopic (exact) mass is 533 g/mol. The molecule has 0 heterocycles. The molecule has 0 aliphatic carbocycles. The second-order valence-corrected chi connectivity index (χ2v) is 10.4. The summed E-state index contributed by atoms with van der Waals surface area (Å²) in [7, 11) is 5.00. The molecule has 0 amide bonds. The molecule has 0 spiro atoms. The van der Waals surface area contributed by atoms with E-state index in [1.807, 2.05) is 18.2 Å². The number of likely N-dealkylation sites (N-methyl/N-ethyl adjacent to an activating group) is 1. The van der Waals surface area contributed by atoms with Gasteiger partial charge in [0.1, 0.15) is 11.4 Å². The van der Waals surface area contributed by atoms with Crippen LogP contribution in [0.3, 0.4) is 0 Å². The smallest absolute Gasteiger partial charge is 0.253 e. The van der Waals surface area contributed by atoms with Crippen molar-refractivity contribution in [2.45, 2.75) is 65.0 Å². The van der Waals surface area contributed by atoms with E-state index < -0.39 is 23.0 Å². The lowest BCUT2D eigenvalue weighted by atomic mass is 9.83. The Kier molecular flexibility index (Phi) is 13.1. The zero-order valence-corrected chi connectivity index (χ0v) is 23.9. The molecule has 38 heavy (non-hydrogen) atoms. The van der Waals surface area contributed by atoms with Gasteiger partial charge in [-0.05, 0) is 48.8 Å². The third-order valence-corrected chi connectivity index (χ3v) is 7.05. The molecule has 0 aliphatic heterocycles. The number of nitrogens with zero attached hydrogens (tertiary/aromatic N) is 1. The van der Waals surface area contributed by atoms with Crippen LogP contribution in [0, 0.1) is 11.8 Å². The normalized spacial score (nSPS) is 13.9. The van der Waals surface area contributed by atoms with E-state index in [-0.39, 0.29) is 12.5 Å². The Morgan fingerprint density at radius 1 is 1.08 bits per heavy atom. The molecule has 0 bridgehead atoms. The third-order valence-electron chi connectivity index (χ3n) is 7.05. The van der Waals surface area contributed by atoms with Crippen LogP contribution in [0.1, 0.15) is 52.0 Å². The van der Waals surface area contributed by atoms with E-state index in [2.05, 4.69) is 26.1 Å². The first-order valence-corrected chi connectivity index (χ1v) is 13.6. The van der Waals surface area contributed by atoms with Gasteiger partial charge in [0.25, 0.3) is 10.9 Å². The number of methoxy groups -OCH3 is 2. The van der Waals surface area contributed by atoms with Crippen LogP contribution in [0.25, 0.3) is 0 Å². The fourth-order valence-electron chi connectivity index (χ4n) is 4.55. The summed E-state index contributed by atoms with van der Waals surface area (Å²) >= 11 is 0. The number of aliphatic hydroxyl groups is 1. The molecule has 2 unspecified atom stereocenters.